The summed E-state index contributed by atoms with van der Waals surface area (Å²) in [5.74, 6) is -1.44. The number of carbonyl (C=O) groups is 2. The lowest BCUT2D eigenvalue weighted by Crippen LogP contribution is -2.28. The lowest BCUT2D eigenvalue weighted by molar-refractivity contribution is -0.191. The standard InChI is InChI=1S/C7H10O5/c1-4-11-6(9)7(10-3)12-5(2)8/h4,7H,1H2,2-3H3. The van der Waals surface area contributed by atoms with Crippen LogP contribution in [0, 0.1) is 0 Å². The van der Waals surface area contributed by atoms with Gasteiger partial charge in [0.25, 0.3) is 0 Å². The van der Waals surface area contributed by atoms with Crippen molar-refractivity contribution in [2.24, 2.45) is 0 Å². The van der Waals surface area contributed by atoms with Crippen molar-refractivity contribution < 1.29 is 23.8 Å². The van der Waals surface area contributed by atoms with Crippen LogP contribution in [-0.4, -0.2) is 25.3 Å². The summed E-state index contributed by atoms with van der Waals surface area (Å²) in [6, 6.07) is 0. The van der Waals surface area contributed by atoms with Crippen molar-refractivity contribution in [2.75, 3.05) is 7.11 Å². The molecule has 0 aliphatic carbocycles. The van der Waals surface area contributed by atoms with E-state index in [2.05, 4.69) is 20.8 Å². The summed E-state index contributed by atoms with van der Waals surface area (Å²) in [6.07, 6.45) is -0.391. The van der Waals surface area contributed by atoms with E-state index in [9.17, 15) is 9.59 Å². The molecule has 5 heteroatoms. The van der Waals surface area contributed by atoms with Crippen LogP contribution in [0.2, 0.25) is 0 Å². The van der Waals surface area contributed by atoms with Crippen molar-refractivity contribution in [1.82, 2.24) is 0 Å². The molecule has 5 nitrogen and oxygen atoms in total. The predicted molar refractivity (Wildman–Crippen MR) is 38.9 cm³/mol. The highest BCUT2D eigenvalue weighted by Gasteiger charge is 2.21. The summed E-state index contributed by atoms with van der Waals surface area (Å²) < 4.78 is 13.3. The summed E-state index contributed by atoms with van der Waals surface area (Å²) in [5.41, 5.74) is 0. The summed E-state index contributed by atoms with van der Waals surface area (Å²) in [6.45, 7) is 4.32. The summed E-state index contributed by atoms with van der Waals surface area (Å²) >= 11 is 0. The number of esters is 2. The molecule has 68 valence electrons. The van der Waals surface area contributed by atoms with Gasteiger partial charge in [-0.15, -0.1) is 0 Å². The smallest absolute Gasteiger partial charge is 0.381 e. The van der Waals surface area contributed by atoms with E-state index in [1.54, 1.807) is 0 Å². The molecule has 1 unspecified atom stereocenters. The highest BCUT2D eigenvalue weighted by molar-refractivity contribution is 5.77. The lowest BCUT2D eigenvalue weighted by atomic mass is 10.6. The Bertz CT molecular complexity index is 186. The molecule has 0 radical (unpaired) electrons. The highest BCUT2D eigenvalue weighted by Crippen LogP contribution is 1.97. The van der Waals surface area contributed by atoms with Crippen LogP contribution >= 0.6 is 0 Å². The first-order valence-corrected chi connectivity index (χ1v) is 3.13. The maximum Gasteiger partial charge on any atom is 0.381 e. The normalized spacial score (nSPS) is 11.5. The molecule has 0 N–H and O–H groups in total. The van der Waals surface area contributed by atoms with Crippen LogP contribution in [0.5, 0.6) is 0 Å². The zero-order chi connectivity index (χ0) is 9.56. The van der Waals surface area contributed by atoms with Gasteiger partial charge in [0, 0.05) is 14.0 Å². The van der Waals surface area contributed by atoms with E-state index < -0.39 is 18.2 Å². The Labute approximate surface area is 69.9 Å². The Morgan fingerprint density at radius 3 is 2.42 bits per heavy atom. The van der Waals surface area contributed by atoms with Crippen molar-refractivity contribution in [2.45, 2.75) is 13.2 Å². The maximum absolute atomic E-state index is 10.8. The second-order valence-corrected chi connectivity index (χ2v) is 1.78. The zero-order valence-electron chi connectivity index (χ0n) is 6.90. The highest BCUT2D eigenvalue weighted by atomic mass is 16.7. The van der Waals surface area contributed by atoms with Gasteiger partial charge >= 0.3 is 18.2 Å². The van der Waals surface area contributed by atoms with Gasteiger partial charge in [-0.1, -0.05) is 6.58 Å². The molecule has 0 aliphatic rings. The Balaban J connectivity index is 4.04. The Hall–Kier alpha value is -1.36. The van der Waals surface area contributed by atoms with E-state index >= 15 is 0 Å². The maximum atomic E-state index is 10.8. The Morgan fingerprint density at radius 1 is 1.50 bits per heavy atom. The molecule has 0 spiro atoms. The number of hydrogen-bond donors (Lipinski definition) is 0. The molecule has 0 heterocycles. The molecular formula is C7H10O5. The second-order valence-electron chi connectivity index (χ2n) is 1.78. The minimum atomic E-state index is -1.32. The van der Waals surface area contributed by atoms with Crippen LogP contribution < -0.4 is 0 Å². The average Bonchev–Trinajstić information content (AvgIpc) is 2.00. The third-order valence-electron chi connectivity index (χ3n) is 0.879. The van der Waals surface area contributed by atoms with Crippen molar-refractivity contribution >= 4 is 11.9 Å². The van der Waals surface area contributed by atoms with Crippen LogP contribution in [0.3, 0.4) is 0 Å². The fourth-order valence-corrected chi connectivity index (χ4v) is 0.481. The fourth-order valence-electron chi connectivity index (χ4n) is 0.481. The first kappa shape index (κ1) is 10.6. The monoisotopic (exact) mass is 174 g/mol. The van der Waals surface area contributed by atoms with Crippen LogP contribution in [0.15, 0.2) is 12.8 Å². The molecule has 0 fully saturated rings. The molecule has 0 rings (SSSR count). The number of hydrogen-bond acceptors (Lipinski definition) is 5. The molecule has 0 bridgehead atoms. The molecule has 0 saturated carbocycles. The minimum absolute atomic E-state index is 0.622. The van der Waals surface area contributed by atoms with E-state index in [1.165, 1.54) is 7.11 Å². The Kier molecular flexibility index (Phi) is 4.71. The van der Waals surface area contributed by atoms with Gasteiger partial charge in [0.15, 0.2) is 0 Å². The summed E-state index contributed by atoms with van der Waals surface area (Å²) in [5, 5.41) is 0. The van der Waals surface area contributed by atoms with Gasteiger partial charge in [-0.05, 0) is 0 Å². The van der Waals surface area contributed by atoms with Gasteiger partial charge in [-0.3, -0.25) is 4.79 Å². The summed E-state index contributed by atoms with van der Waals surface area (Å²) in [4.78, 5) is 21.2. The first-order valence-electron chi connectivity index (χ1n) is 3.13. The molecule has 0 aliphatic heterocycles. The number of carbonyl (C=O) groups excluding carboxylic acids is 2. The molecule has 12 heavy (non-hydrogen) atoms. The lowest BCUT2D eigenvalue weighted by Gasteiger charge is -2.11. The van der Waals surface area contributed by atoms with Crippen LogP contribution in [0.1, 0.15) is 6.92 Å². The fraction of sp³-hybridized carbons (Fsp3) is 0.429. The molecule has 0 amide bonds. The zero-order valence-corrected chi connectivity index (χ0v) is 6.90. The van der Waals surface area contributed by atoms with E-state index in [0.29, 0.717) is 0 Å². The van der Waals surface area contributed by atoms with Gasteiger partial charge in [0.2, 0.25) is 0 Å². The van der Waals surface area contributed by atoms with E-state index in [1.807, 2.05) is 0 Å². The van der Waals surface area contributed by atoms with Crippen LogP contribution in [0.4, 0.5) is 0 Å². The van der Waals surface area contributed by atoms with Gasteiger partial charge in [-0.25, -0.2) is 4.79 Å². The van der Waals surface area contributed by atoms with Gasteiger partial charge in [0.05, 0.1) is 6.26 Å². The van der Waals surface area contributed by atoms with E-state index in [4.69, 9.17) is 0 Å². The third-order valence-corrected chi connectivity index (χ3v) is 0.879. The van der Waals surface area contributed by atoms with Crippen molar-refractivity contribution in [3.05, 3.63) is 12.8 Å². The van der Waals surface area contributed by atoms with Crippen molar-refractivity contribution in [3.8, 4) is 0 Å². The van der Waals surface area contributed by atoms with E-state index in [-0.39, 0.29) is 0 Å². The molecule has 0 aromatic heterocycles. The number of rotatable bonds is 4. The molecule has 0 saturated heterocycles. The molecule has 0 aromatic carbocycles. The molecule has 0 aromatic rings. The largest absolute Gasteiger partial charge is 0.431 e. The molecule has 1 atom stereocenters. The first-order chi connectivity index (χ1) is 5.61. The number of methoxy groups -OCH3 is 1. The number of ether oxygens (including phenoxy) is 3. The summed E-state index contributed by atoms with van der Waals surface area (Å²) in [7, 11) is 1.22. The van der Waals surface area contributed by atoms with E-state index in [0.717, 1.165) is 13.2 Å². The van der Waals surface area contributed by atoms with Crippen LogP contribution in [0.25, 0.3) is 0 Å². The topological polar surface area (TPSA) is 61.8 Å². The van der Waals surface area contributed by atoms with Crippen molar-refractivity contribution in [3.63, 3.8) is 0 Å². The SMILES string of the molecule is C=COC(=O)C(OC)OC(C)=O. The van der Waals surface area contributed by atoms with Crippen molar-refractivity contribution in [1.29, 1.82) is 0 Å². The molecular weight excluding hydrogens is 164 g/mol. The average molecular weight is 174 g/mol. The van der Waals surface area contributed by atoms with Gasteiger partial charge < -0.3 is 14.2 Å². The predicted octanol–water partition coefficient (Wildman–Crippen LogP) is 0.209. The second kappa shape index (κ2) is 5.31. The van der Waals surface area contributed by atoms with Gasteiger partial charge in [-0.2, -0.15) is 0 Å². The quantitative estimate of drug-likeness (QED) is 0.346. The van der Waals surface area contributed by atoms with Crippen LogP contribution in [-0.2, 0) is 23.8 Å². The third kappa shape index (κ3) is 3.72. The minimum Gasteiger partial charge on any atom is -0.431 e. The van der Waals surface area contributed by atoms with Gasteiger partial charge in [0.1, 0.15) is 0 Å². The Morgan fingerprint density at radius 2 is 2.08 bits per heavy atom.